The number of aliphatic imine (C=N–C) groups is 1. The van der Waals surface area contributed by atoms with E-state index in [0.717, 1.165) is 16.8 Å². The van der Waals surface area contributed by atoms with Crippen molar-refractivity contribution in [3.05, 3.63) is 77.9 Å². The van der Waals surface area contributed by atoms with Crippen molar-refractivity contribution in [1.82, 2.24) is 15.6 Å². The van der Waals surface area contributed by atoms with Crippen molar-refractivity contribution >= 4 is 36.1 Å². The summed E-state index contributed by atoms with van der Waals surface area (Å²) in [6.07, 6.45) is 12.9. The molecule has 8 nitrogen and oxygen atoms in total. The first kappa shape index (κ1) is 43.7. The van der Waals surface area contributed by atoms with Crippen molar-refractivity contribution in [3.63, 3.8) is 0 Å². The molecule has 3 N–H and O–H groups in total. The van der Waals surface area contributed by atoms with Gasteiger partial charge in [-0.3, -0.25) is 14.6 Å². The molecule has 0 fully saturated rings. The largest absolute Gasteiger partial charge is 0.323 e. The fraction of sp³-hybridized carbons (Fsp3) is 0.364. The van der Waals surface area contributed by atoms with E-state index in [1.54, 1.807) is 24.2 Å². The zero-order chi connectivity index (χ0) is 32.6. The van der Waals surface area contributed by atoms with Crippen LogP contribution in [0.2, 0.25) is 0 Å². The number of hydrazone groups is 1. The van der Waals surface area contributed by atoms with Crippen LogP contribution in [0.4, 0.5) is 5.69 Å². The summed E-state index contributed by atoms with van der Waals surface area (Å²) in [5.74, 6) is 0.349. The van der Waals surface area contributed by atoms with Crippen LogP contribution in [0, 0.1) is 31.1 Å². The molecule has 2 aromatic rings. The van der Waals surface area contributed by atoms with E-state index in [1.165, 1.54) is 12.3 Å². The van der Waals surface area contributed by atoms with Gasteiger partial charge in [-0.25, -0.2) is 4.99 Å². The van der Waals surface area contributed by atoms with Gasteiger partial charge in [-0.1, -0.05) is 71.5 Å². The molecule has 1 atom stereocenters. The second-order valence-corrected chi connectivity index (χ2v) is 7.62. The standard InChI is InChI=1S/C22H27N5O.C3H4O.C2H7N.2C2H6.C2H2/c1-16(13-23)14-24-27(4)15-19-9-7-10-20(12-19)22(28)26-18(3)25-21-11-6-5-8-17(21)2;1-2-3-4;1-3-2;3*1-2/h5-14,16,23H,15H2,1-4H3,(H,25,26,28);2-3H,1H2;3H,1-2H3;2*1-2H3;1-2H/b23-13?,24-14+;;;;;. The van der Waals surface area contributed by atoms with E-state index < -0.39 is 0 Å². The zero-order valence-corrected chi connectivity index (χ0v) is 26.7. The summed E-state index contributed by atoms with van der Waals surface area (Å²) in [7, 11) is 5.61. The first-order chi connectivity index (χ1) is 19.7. The summed E-state index contributed by atoms with van der Waals surface area (Å²) in [6.45, 7) is 17.3. The molecule has 1 amide bonds. The third-order valence-electron chi connectivity index (χ3n) is 4.16. The third kappa shape index (κ3) is 24.4. The predicted octanol–water partition coefficient (Wildman–Crippen LogP) is 6.69. The molecular weight excluding hydrogens is 512 g/mol. The van der Waals surface area contributed by atoms with Crippen molar-refractivity contribution < 1.29 is 9.59 Å². The minimum Gasteiger partial charge on any atom is -0.323 e. The van der Waals surface area contributed by atoms with E-state index in [-0.39, 0.29) is 11.8 Å². The van der Waals surface area contributed by atoms with Crippen LogP contribution < -0.4 is 10.6 Å². The number of allylic oxidation sites excluding steroid dienone is 1. The van der Waals surface area contributed by atoms with Crippen molar-refractivity contribution in [2.24, 2.45) is 16.0 Å². The summed E-state index contributed by atoms with van der Waals surface area (Å²) < 4.78 is 0. The molecule has 226 valence electrons. The van der Waals surface area contributed by atoms with Crippen LogP contribution in [0.25, 0.3) is 0 Å². The van der Waals surface area contributed by atoms with Gasteiger partial charge >= 0.3 is 0 Å². The lowest BCUT2D eigenvalue weighted by molar-refractivity contribution is -0.104. The molecular formula is C33H52N6O2. The summed E-state index contributed by atoms with van der Waals surface area (Å²) in [6, 6.07) is 15.2. The SMILES string of the molecule is C#C.C=CC=O.CC.CC.CC(=Nc1ccccc1C)NC(=O)c1cccc(CN(C)/N=C/C(C)C=N)c1.CNC. The molecule has 0 radical (unpaired) electrons. The minimum absolute atomic E-state index is 0.00456. The maximum atomic E-state index is 12.6. The van der Waals surface area contributed by atoms with Crippen molar-refractivity contribution in [2.75, 3.05) is 21.1 Å². The van der Waals surface area contributed by atoms with Gasteiger partial charge in [-0.05, 0) is 63.3 Å². The van der Waals surface area contributed by atoms with E-state index in [4.69, 9.17) is 10.2 Å². The van der Waals surface area contributed by atoms with Crippen LogP contribution in [0.3, 0.4) is 0 Å². The number of nitrogens with one attached hydrogen (secondary N) is 3. The Hall–Kier alpha value is -4.35. The summed E-state index contributed by atoms with van der Waals surface area (Å²) >= 11 is 0. The predicted molar refractivity (Wildman–Crippen MR) is 180 cm³/mol. The number of hydrogen-bond donors (Lipinski definition) is 3. The fourth-order valence-electron chi connectivity index (χ4n) is 2.51. The molecule has 41 heavy (non-hydrogen) atoms. The first-order valence-electron chi connectivity index (χ1n) is 13.5. The molecule has 2 rings (SSSR count). The van der Waals surface area contributed by atoms with E-state index in [0.29, 0.717) is 24.2 Å². The van der Waals surface area contributed by atoms with Crippen molar-refractivity contribution in [3.8, 4) is 12.8 Å². The number of amides is 1. The van der Waals surface area contributed by atoms with Gasteiger partial charge in [0.25, 0.3) is 5.91 Å². The molecule has 0 aliphatic carbocycles. The number of nitrogens with zero attached hydrogens (tertiary/aromatic N) is 3. The smallest absolute Gasteiger partial charge is 0.256 e. The summed E-state index contributed by atoms with van der Waals surface area (Å²) in [5, 5.41) is 18.9. The lowest BCUT2D eigenvalue weighted by Crippen LogP contribution is -2.28. The molecule has 8 heteroatoms. The molecule has 0 saturated carbocycles. The average Bonchev–Trinajstić information content (AvgIpc) is 3.00. The lowest BCUT2D eigenvalue weighted by atomic mass is 10.1. The number of carbonyl (C=O) groups is 2. The number of aldehydes is 1. The molecule has 0 saturated heterocycles. The van der Waals surface area contributed by atoms with Crippen LogP contribution >= 0.6 is 0 Å². The van der Waals surface area contributed by atoms with Gasteiger partial charge in [0.15, 0.2) is 0 Å². The van der Waals surface area contributed by atoms with Crippen LogP contribution in [0.1, 0.15) is 63.0 Å². The highest BCUT2D eigenvalue weighted by Crippen LogP contribution is 2.17. The molecule has 0 aliphatic rings. The van der Waals surface area contributed by atoms with Gasteiger partial charge in [0.1, 0.15) is 12.1 Å². The average molecular weight is 565 g/mol. The van der Waals surface area contributed by atoms with E-state index in [2.05, 4.69) is 40.2 Å². The Morgan fingerprint density at radius 1 is 1.10 bits per heavy atom. The molecule has 0 spiro atoms. The van der Waals surface area contributed by atoms with Gasteiger partial charge in [0.2, 0.25) is 0 Å². The normalized spacial score (nSPS) is 9.90. The molecule has 1 unspecified atom stereocenters. The van der Waals surface area contributed by atoms with Crippen LogP contribution in [-0.2, 0) is 11.3 Å². The Bertz CT molecular complexity index is 1040. The van der Waals surface area contributed by atoms with Crippen LogP contribution in [0.5, 0.6) is 0 Å². The second kappa shape index (κ2) is 31.9. The Morgan fingerprint density at radius 2 is 1.63 bits per heavy atom. The number of benzene rings is 2. The second-order valence-electron chi connectivity index (χ2n) is 7.62. The molecule has 2 aromatic carbocycles. The van der Waals surface area contributed by atoms with Gasteiger partial charge in [-0.2, -0.15) is 5.10 Å². The van der Waals surface area contributed by atoms with Crippen molar-refractivity contribution in [1.29, 1.82) is 5.41 Å². The summed E-state index contributed by atoms with van der Waals surface area (Å²) in [4.78, 5) is 26.1. The quantitative estimate of drug-likeness (QED) is 0.0829. The first-order valence-corrected chi connectivity index (χ1v) is 13.5. The molecule has 0 bridgehead atoms. The molecule has 0 aliphatic heterocycles. The number of hydrogen-bond acceptors (Lipinski definition) is 7. The number of aryl methyl sites for hydroxylation is 1. The Balaban J connectivity index is -0.000000452. The number of terminal acetylenes is 1. The van der Waals surface area contributed by atoms with E-state index in [1.807, 2.05) is 105 Å². The highest BCUT2D eigenvalue weighted by atomic mass is 16.1. The highest BCUT2D eigenvalue weighted by Gasteiger charge is 2.08. The Kier molecular flexibility index (Phi) is 34.0. The maximum absolute atomic E-state index is 12.6. The number of para-hydroxylation sites is 1. The maximum Gasteiger partial charge on any atom is 0.256 e. The molecule has 0 aromatic heterocycles. The fourth-order valence-corrected chi connectivity index (χ4v) is 2.51. The molecule has 0 heterocycles. The Morgan fingerprint density at radius 3 is 2.12 bits per heavy atom. The van der Waals surface area contributed by atoms with Gasteiger partial charge < -0.3 is 16.0 Å². The Labute approximate surface area is 249 Å². The van der Waals surface area contributed by atoms with Gasteiger partial charge in [-0.15, -0.1) is 12.8 Å². The topological polar surface area (TPSA) is 110 Å². The zero-order valence-electron chi connectivity index (χ0n) is 26.7. The lowest BCUT2D eigenvalue weighted by Gasteiger charge is -2.14. The van der Waals surface area contributed by atoms with Gasteiger partial charge in [0, 0.05) is 31.0 Å². The monoisotopic (exact) mass is 564 g/mol. The van der Waals surface area contributed by atoms with E-state index >= 15 is 0 Å². The van der Waals surface area contributed by atoms with Crippen LogP contribution in [-0.4, -0.2) is 56.6 Å². The van der Waals surface area contributed by atoms with Crippen molar-refractivity contribution in [2.45, 2.75) is 55.0 Å². The summed E-state index contributed by atoms with van der Waals surface area (Å²) in [5.41, 5.74) is 3.44. The number of amidine groups is 1. The van der Waals surface area contributed by atoms with Gasteiger partial charge in [0.05, 0.1) is 12.2 Å². The number of carbonyl (C=O) groups excluding carboxylic acids is 2. The highest BCUT2D eigenvalue weighted by molar-refractivity contribution is 6.06. The number of rotatable bonds is 8. The minimum atomic E-state index is -0.194. The third-order valence-corrected chi connectivity index (χ3v) is 4.16. The van der Waals surface area contributed by atoms with Crippen LogP contribution in [0.15, 0.2) is 71.3 Å². The van der Waals surface area contributed by atoms with E-state index in [9.17, 15) is 4.79 Å².